The largest absolute Gasteiger partial charge is 0.463 e. The van der Waals surface area contributed by atoms with Gasteiger partial charge in [0.15, 0.2) is 39.6 Å². The van der Waals surface area contributed by atoms with Crippen LogP contribution in [0, 0.1) is 0 Å². The normalized spacial score (nSPS) is 24.6. The summed E-state index contributed by atoms with van der Waals surface area (Å²) in [5.41, 5.74) is 0. The molecule has 1 rings (SSSR count). The molecule has 1 aliphatic heterocycles. The fourth-order valence-corrected chi connectivity index (χ4v) is 8.73. The number of esters is 1. The molecule has 40 heavy (non-hydrogen) atoms. The van der Waals surface area contributed by atoms with E-state index >= 15 is 0 Å². The molecule has 0 saturated carbocycles. The van der Waals surface area contributed by atoms with E-state index in [9.17, 15) is 4.79 Å². The number of ether oxygens (including phenoxy) is 2. The number of allylic oxidation sites excluding steroid dienone is 1. The molecule has 236 valence electrons. The molecule has 0 aromatic rings. The third kappa shape index (κ3) is 17.1. The highest BCUT2D eigenvalue weighted by Gasteiger charge is 2.53. The fraction of sp³-hybridized carbons (Fsp3) is 0.897. The highest BCUT2D eigenvalue weighted by molar-refractivity contribution is 6.71. The summed E-state index contributed by atoms with van der Waals surface area (Å²) in [5.74, 6) is -0.187. The predicted molar refractivity (Wildman–Crippen MR) is 176 cm³/mol. The van der Waals surface area contributed by atoms with Gasteiger partial charge in [-0.05, 0) is 97.8 Å². The molecular formula is C29H62O7Si4. The molecule has 0 spiro atoms. The third-order valence-electron chi connectivity index (χ3n) is 5.98. The van der Waals surface area contributed by atoms with E-state index in [0.717, 1.165) is 25.7 Å². The van der Waals surface area contributed by atoms with Gasteiger partial charge in [0.1, 0.15) is 31.0 Å². The molecule has 0 aromatic heterocycles. The van der Waals surface area contributed by atoms with Crippen LogP contribution in [0.25, 0.3) is 0 Å². The van der Waals surface area contributed by atoms with E-state index in [1.54, 1.807) is 0 Å². The Labute approximate surface area is 250 Å². The quantitative estimate of drug-likeness (QED) is 0.0616. The van der Waals surface area contributed by atoms with Gasteiger partial charge in [0.05, 0.1) is 0 Å². The van der Waals surface area contributed by atoms with Crippen molar-refractivity contribution in [2.45, 2.75) is 161 Å². The highest BCUT2D eigenvalue weighted by atomic mass is 28.4. The standard InChI is InChI=1S/C29H62O7Si4/c1-14-15-16-17-18-19-20-21-22-25(30)31-23-24-26(33-37(2,3)4)27(34-38(5,6)7)28(35-39(8,9)10)29(32-24)36-40(11,12)13/h14,24,26-29H,1,15-23H2,2-13H3. The first-order valence-electron chi connectivity index (χ1n) is 15.3. The Hall–Kier alpha value is -0.122. The van der Waals surface area contributed by atoms with Crippen LogP contribution < -0.4 is 0 Å². The van der Waals surface area contributed by atoms with Gasteiger partial charge in [-0.3, -0.25) is 4.79 Å². The minimum absolute atomic E-state index is 0.117. The Balaban J connectivity index is 3.08. The summed E-state index contributed by atoms with van der Waals surface area (Å²) in [6.45, 7) is 29.9. The van der Waals surface area contributed by atoms with Crippen molar-refractivity contribution >= 4 is 39.2 Å². The van der Waals surface area contributed by atoms with E-state index < -0.39 is 57.9 Å². The van der Waals surface area contributed by atoms with Gasteiger partial charge in [-0.2, -0.15) is 0 Å². The number of hydrogen-bond donors (Lipinski definition) is 0. The first kappa shape index (κ1) is 37.9. The second-order valence-electron chi connectivity index (χ2n) is 15.0. The molecule has 0 radical (unpaired) electrons. The molecule has 11 heteroatoms. The van der Waals surface area contributed by atoms with Gasteiger partial charge in [0.2, 0.25) is 0 Å². The van der Waals surface area contributed by atoms with E-state index in [1.807, 2.05) is 6.08 Å². The van der Waals surface area contributed by atoms with Crippen molar-refractivity contribution in [3.05, 3.63) is 12.7 Å². The van der Waals surface area contributed by atoms with Crippen molar-refractivity contribution in [1.29, 1.82) is 0 Å². The maximum atomic E-state index is 12.7. The Morgan fingerprint density at radius 1 is 0.650 bits per heavy atom. The average molecular weight is 635 g/mol. The lowest BCUT2D eigenvalue weighted by Gasteiger charge is -2.51. The number of carbonyl (C=O) groups is 1. The first-order chi connectivity index (χ1) is 18.2. The monoisotopic (exact) mass is 634 g/mol. The van der Waals surface area contributed by atoms with Crippen molar-refractivity contribution in [2.24, 2.45) is 0 Å². The number of unbranched alkanes of at least 4 members (excludes halogenated alkanes) is 6. The Morgan fingerprint density at radius 3 is 1.60 bits per heavy atom. The van der Waals surface area contributed by atoms with Crippen LogP contribution in [0.2, 0.25) is 78.6 Å². The van der Waals surface area contributed by atoms with Gasteiger partial charge in [-0.15, -0.1) is 6.58 Å². The van der Waals surface area contributed by atoms with E-state index in [0.29, 0.717) is 6.42 Å². The lowest BCUT2D eigenvalue weighted by atomic mass is 9.99. The van der Waals surface area contributed by atoms with Gasteiger partial charge in [-0.25, -0.2) is 0 Å². The van der Waals surface area contributed by atoms with Gasteiger partial charge >= 0.3 is 5.97 Å². The zero-order valence-electron chi connectivity index (χ0n) is 27.9. The number of rotatable bonds is 19. The van der Waals surface area contributed by atoms with Gasteiger partial charge < -0.3 is 27.2 Å². The highest BCUT2D eigenvalue weighted by Crippen LogP contribution is 2.35. The number of hydrogen-bond acceptors (Lipinski definition) is 7. The lowest BCUT2D eigenvalue weighted by Crippen LogP contribution is -2.67. The van der Waals surface area contributed by atoms with Crippen molar-refractivity contribution in [2.75, 3.05) is 6.61 Å². The molecule has 5 unspecified atom stereocenters. The maximum absolute atomic E-state index is 12.7. The summed E-state index contributed by atoms with van der Waals surface area (Å²) in [7, 11) is -8.05. The topological polar surface area (TPSA) is 72.5 Å². The minimum Gasteiger partial charge on any atom is -0.463 e. The van der Waals surface area contributed by atoms with E-state index in [1.165, 1.54) is 19.3 Å². The smallest absolute Gasteiger partial charge is 0.305 e. The summed E-state index contributed by atoms with van der Waals surface area (Å²) < 4.78 is 39.4. The summed E-state index contributed by atoms with van der Waals surface area (Å²) in [4.78, 5) is 12.7. The molecule has 7 nitrogen and oxygen atoms in total. The van der Waals surface area contributed by atoms with Crippen LogP contribution in [-0.4, -0.2) is 76.6 Å². The van der Waals surface area contributed by atoms with Crippen molar-refractivity contribution in [1.82, 2.24) is 0 Å². The van der Waals surface area contributed by atoms with Gasteiger partial charge in [-0.1, -0.05) is 31.8 Å². The summed E-state index contributed by atoms with van der Waals surface area (Å²) in [6, 6.07) is 0. The van der Waals surface area contributed by atoms with Crippen LogP contribution in [0.15, 0.2) is 12.7 Å². The maximum Gasteiger partial charge on any atom is 0.305 e. The van der Waals surface area contributed by atoms with E-state index in [2.05, 4.69) is 85.1 Å². The molecule has 0 aromatic carbocycles. The van der Waals surface area contributed by atoms with E-state index in [4.69, 9.17) is 27.2 Å². The van der Waals surface area contributed by atoms with Crippen LogP contribution in [0.3, 0.4) is 0 Å². The van der Waals surface area contributed by atoms with E-state index in [-0.39, 0.29) is 18.7 Å². The first-order valence-corrected chi connectivity index (χ1v) is 29.0. The Kier molecular flexibility index (Phi) is 15.8. The van der Waals surface area contributed by atoms with Crippen LogP contribution in [0.4, 0.5) is 0 Å². The molecular weight excluding hydrogens is 573 g/mol. The molecule has 0 aliphatic carbocycles. The molecule has 1 aliphatic rings. The summed E-state index contributed by atoms with van der Waals surface area (Å²) in [5, 5.41) is 0. The van der Waals surface area contributed by atoms with Gasteiger partial charge in [0, 0.05) is 6.42 Å². The lowest BCUT2D eigenvalue weighted by molar-refractivity contribution is -0.270. The zero-order valence-corrected chi connectivity index (χ0v) is 31.9. The van der Waals surface area contributed by atoms with Crippen LogP contribution in [0.5, 0.6) is 0 Å². The van der Waals surface area contributed by atoms with Crippen molar-refractivity contribution in [3.63, 3.8) is 0 Å². The predicted octanol–water partition coefficient (Wildman–Crippen LogP) is 8.07. The summed E-state index contributed by atoms with van der Waals surface area (Å²) in [6.07, 6.45) is 7.83. The average Bonchev–Trinajstić information content (AvgIpc) is 2.75. The minimum atomic E-state index is -2.03. The molecule has 1 fully saturated rings. The van der Waals surface area contributed by atoms with Crippen molar-refractivity contribution in [3.8, 4) is 0 Å². The molecule has 0 amide bonds. The Bertz CT molecular complexity index is 753. The van der Waals surface area contributed by atoms with Gasteiger partial charge in [0.25, 0.3) is 0 Å². The second kappa shape index (κ2) is 16.7. The molecule has 0 bridgehead atoms. The van der Waals surface area contributed by atoms with Crippen LogP contribution >= 0.6 is 0 Å². The molecule has 1 saturated heterocycles. The second-order valence-corrected chi connectivity index (χ2v) is 32.8. The van der Waals surface area contributed by atoms with Crippen LogP contribution in [-0.2, 0) is 32.0 Å². The molecule has 1 heterocycles. The van der Waals surface area contributed by atoms with Crippen LogP contribution in [0.1, 0.15) is 51.4 Å². The SMILES string of the molecule is C=CCCCCCCCCC(=O)OCC1OC(O[Si](C)(C)C)C(O[Si](C)(C)C)C(O[Si](C)(C)C)C1O[Si](C)(C)C. The summed E-state index contributed by atoms with van der Waals surface area (Å²) >= 11 is 0. The van der Waals surface area contributed by atoms with Crippen molar-refractivity contribution < 1.29 is 32.0 Å². The Morgan fingerprint density at radius 2 is 1.10 bits per heavy atom. The fourth-order valence-electron chi connectivity index (χ4n) is 4.59. The zero-order chi connectivity index (χ0) is 30.8. The third-order valence-corrected chi connectivity index (χ3v) is 9.85. The number of carbonyl (C=O) groups excluding carboxylic acids is 1. The molecule has 5 atom stereocenters. The molecule has 0 N–H and O–H groups in total.